The summed E-state index contributed by atoms with van der Waals surface area (Å²) in [5.74, 6) is 1.86. The standard InChI is InChI=1S/C28H26O2/c1-3-13-23(14-4-1)25-17-7-9-19-27(25)29-21-11-12-22-30-28-20-10-8-18-26(28)24-15-5-2-6-16-24/h1-10,13-20H,11-12,21-22H2. The zero-order valence-corrected chi connectivity index (χ0v) is 17.0. The van der Waals surface area contributed by atoms with Crippen LogP contribution < -0.4 is 9.47 Å². The third-order valence-electron chi connectivity index (χ3n) is 5.00. The highest BCUT2D eigenvalue weighted by atomic mass is 16.5. The molecule has 4 aromatic carbocycles. The summed E-state index contributed by atoms with van der Waals surface area (Å²) in [6, 6.07) is 37.1. The Hall–Kier alpha value is -3.52. The summed E-state index contributed by atoms with van der Waals surface area (Å²) in [5.41, 5.74) is 4.61. The maximum Gasteiger partial charge on any atom is 0.127 e. The minimum atomic E-state index is 0.674. The number of para-hydroxylation sites is 2. The zero-order chi connectivity index (χ0) is 20.4. The van der Waals surface area contributed by atoms with Crippen LogP contribution in [0.5, 0.6) is 11.5 Å². The number of benzene rings is 4. The third kappa shape index (κ3) is 5.09. The molecule has 4 aromatic rings. The van der Waals surface area contributed by atoms with Gasteiger partial charge in [0.05, 0.1) is 13.2 Å². The Morgan fingerprint density at radius 2 is 0.767 bits per heavy atom. The highest BCUT2D eigenvalue weighted by molar-refractivity contribution is 5.71. The number of ether oxygens (including phenoxy) is 2. The van der Waals surface area contributed by atoms with Crippen molar-refractivity contribution in [2.24, 2.45) is 0 Å². The molecule has 0 saturated carbocycles. The summed E-state index contributed by atoms with van der Waals surface area (Å²) in [6.45, 7) is 1.35. The van der Waals surface area contributed by atoms with Crippen molar-refractivity contribution in [1.82, 2.24) is 0 Å². The predicted octanol–water partition coefficient (Wildman–Crippen LogP) is 7.26. The fourth-order valence-corrected chi connectivity index (χ4v) is 3.47. The summed E-state index contributed by atoms with van der Waals surface area (Å²) in [6.07, 6.45) is 1.88. The van der Waals surface area contributed by atoms with Crippen LogP contribution in [-0.4, -0.2) is 13.2 Å². The van der Waals surface area contributed by atoms with Crippen LogP contribution in [0.1, 0.15) is 12.8 Å². The first-order chi connectivity index (χ1) is 14.9. The predicted molar refractivity (Wildman–Crippen MR) is 124 cm³/mol. The first kappa shape index (κ1) is 19.8. The van der Waals surface area contributed by atoms with E-state index in [2.05, 4.69) is 60.7 Å². The maximum atomic E-state index is 6.08. The number of rotatable bonds is 9. The van der Waals surface area contributed by atoms with E-state index in [1.54, 1.807) is 0 Å². The van der Waals surface area contributed by atoms with E-state index < -0.39 is 0 Å². The molecule has 0 N–H and O–H groups in total. The second kappa shape index (κ2) is 10.3. The van der Waals surface area contributed by atoms with Gasteiger partial charge in [-0.15, -0.1) is 0 Å². The minimum absolute atomic E-state index is 0.674. The van der Waals surface area contributed by atoms with Crippen molar-refractivity contribution in [3.05, 3.63) is 109 Å². The molecule has 0 bridgehead atoms. The summed E-state index contributed by atoms with van der Waals surface area (Å²) in [4.78, 5) is 0. The molecule has 0 aliphatic rings. The average molecular weight is 395 g/mol. The van der Waals surface area contributed by atoms with E-state index >= 15 is 0 Å². The lowest BCUT2D eigenvalue weighted by molar-refractivity contribution is 0.267. The van der Waals surface area contributed by atoms with Crippen molar-refractivity contribution in [2.45, 2.75) is 12.8 Å². The molecule has 4 rings (SSSR count). The topological polar surface area (TPSA) is 18.5 Å². The Morgan fingerprint density at radius 3 is 1.20 bits per heavy atom. The zero-order valence-electron chi connectivity index (χ0n) is 17.0. The van der Waals surface area contributed by atoms with Crippen LogP contribution in [0, 0.1) is 0 Å². The van der Waals surface area contributed by atoms with Crippen LogP contribution in [0.3, 0.4) is 0 Å². The van der Waals surface area contributed by atoms with Gasteiger partial charge in [-0.3, -0.25) is 0 Å². The summed E-state index contributed by atoms with van der Waals surface area (Å²) in [7, 11) is 0. The first-order valence-electron chi connectivity index (χ1n) is 10.5. The number of hydrogen-bond acceptors (Lipinski definition) is 2. The van der Waals surface area contributed by atoms with E-state index in [1.807, 2.05) is 48.5 Å². The van der Waals surface area contributed by atoms with Crippen molar-refractivity contribution >= 4 is 0 Å². The summed E-state index contributed by atoms with van der Waals surface area (Å²) < 4.78 is 12.2. The van der Waals surface area contributed by atoms with Gasteiger partial charge in [0, 0.05) is 11.1 Å². The largest absolute Gasteiger partial charge is 0.493 e. The van der Waals surface area contributed by atoms with Crippen molar-refractivity contribution in [2.75, 3.05) is 13.2 Å². The molecular formula is C28H26O2. The summed E-state index contributed by atoms with van der Waals surface area (Å²) >= 11 is 0. The monoisotopic (exact) mass is 394 g/mol. The van der Waals surface area contributed by atoms with Gasteiger partial charge in [-0.05, 0) is 36.1 Å². The molecule has 0 saturated heterocycles. The molecule has 2 nitrogen and oxygen atoms in total. The van der Waals surface area contributed by atoms with E-state index in [-0.39, 0.29) is 0 Å². The van der Waals surface area contributed by atoms with Crippen molar-refractivity contribution in [3.8, 4) is 33.8 Å². The smallest absolute Gasteiger partial charge is 0.127 e. The van der Waals surface area contributed by atoms with Gasteiger partial charge in [0.25, 0.3) is 0 Å². The fraction of sp³-hybridized carbons (Fsp3) is 0.143. The third-order valence-corrected chi connectivity index (χ3v) is 5.00. The minimum Gasteiger partial charge on any atom is -0.493 e. The van der Waals surface area contributed by atoms with Gasteiger partial charge in [0.1, 0.15) is 11.5 Å². The van der Waals surface area contributed by atoms with Gasteiger partial charge < -0.3 is 9.47 Å². The average Bonchev–Trinajstić information content (AvgIpc) is 2.83. The van der Waals surface area contributed by atoms with Gasteiger partial charge >= 0.3 is 0 Å². The quantitative estimate of drug-likeness (QED) is 0.278. The molecule has 2 heteroatoms. The van der Waals surface area contributed by atoms with Gasteiger partial charge in [0.15, 0.2) is 0 Å². The van der Waals surface area contributed by atoms with E-state index in [9.17, 15) is 0 Å². The first-order valence-corrected chi connectivity index (χ1v) is 10.5. The molecule has 0 aliphatic heterocycles. The molecule has 150 valence electrons. The van der Waals surface area contributed by atoms with Crippen molar-refractivity contribution in [1.29, 1.82) is 0 Å². The van der Waals surface area contributed by atoms with Crippen LogP contribution in [0.15, 0.2) is 109 Å². The molecule has 0 aliphatic carbocycles. The maximum absolute atomic E-state index is 6.08. The fourth-order valence-electron chi connectivity index (χ4n) is 3.47. The number of hydrogen-bond donors (Lipinski definition) is 0. The second-order valence-corrected chi connectivity index (χ2v) is 7.13. The van der Waals surface area contributed by atoms with E-state index in [0.29, 0.717) is 13.2 Å². The van der Waals surface area contributed by atoms with Gasteiger partial charge in [-0.1, -0.05) is 97.1 Å². The van der Waals surface area contributed by atoms with E-state index in [0.717, 1.165) is 35.5 Å². The van der Waals surface area contributed by atoms with Gasteiger partial charge in [-0.25, -0.2) is 0 Å². The van der Waals surface area contributed by atoms with E-state index in [4.69, 9.17) is 9.47 Å². The number of unbranched alkanes of at least 4 members (excludes halogenated alkanes) is 1. The lowest BCUT2D eigenvalue weighted by atomic mass is 10.0. The molecule has 0 atom stereocenters. The Morgan fingerprint density at radius 1 is 0.400 bits per heavy atom. The second-order valence-electron chi connectivity index (χ2n) is 7.13. The Bertz CT molecular complexity index is 955. The molecular weight excluding hydrogens is 368 g/mol. The lowest BCUT2D eigenvalue weighted by Gasteiger charge is -2.13. The summed E-state index contributed by atoms with van der Waals surface area (Å²) in [5, 5.41) is 0. The van der Waals surface area contributed by atoms with Crippen LogP contribution in [0.25, 0.3) is 22.3 Å². The molecule has 0 fully saturated rings. The lowest BCUT2D eigenvalue weighted by Crippen LogP contribution is -2.03. The van der Waals surface area contributed by atoms with Crippen LogP contribution in [0.4, 0.5) is 0 Å². The Labute approximate surface area is 178 Å². The molecule has 0 unspecified atom stereocenters. The molecule has 0 aromatic heterocycles. The molecule has 0 spiro atoms. The highest BCUT2D eigenvalue weighted by Gasteiger charge is 2.06. The van der Waals surface area contributed by atoms with Crippen LogP contribution in [0.2, 0.25) is 0 Å². The molecule has 0 amide bonds. The van der Waals surface area contributed by atoms with Crippen LogP contribution in [-0.2, 0) is 0 Å². The molecule has 0 radical (unpaired) electrons. The molecule has 0 heterocycles. The van der Waals surface area contributed by atoms with Crippen molar-refractivity contribution in [3.63, 3.8) is 0 Å². The van der Waals surface area contributed by atoms with E-state index in [1.165, 1.54) is 11.1 Å². The van der Waals surface area contributed by atoms with Gasteiger partial charge in [0.2, 0.25) is 0 Å². The molecule has 30 heavy (non-hydrogen) atoms. The Balaban J connectivity index is 1.28. The van der Waals surface area contributed by atoms with Crippen LogP contribution >= 0.6 is 0 Å². The van der Waals surface area contributed by atoms with Gasteiger partial charge in [-0.2, -0.15) is 0 Å². The normalized spacial score (nSPS) is 10.5. The highest BCUT2D eigenvalue weighted by Crippen LogP contribution is 2.30. The Kier molecular flexibility index (Phi) is 6.80. The SMILES string of the molecule is c1ccc(-c2ccccc2OCCCCOc2ccccc2-c2ccccc2)cc1. The van der Waals surface area contributed by atoms with Crippen molar-refractivity contribution < 1.29 is 9.47 Å².